The average molecular weight is 352 g/mol. The lowest BCUT2D eigenvalue weighted by Gasteiger charge is -2.55. The zero-order valence-corrected chi connectivity index (χ0v) is 15.4. The number of piperidine rings is 1. The summed E-state index contributed by atoms with van der Waals surface area (Å²) in [5, 5.41) is 6.82. The molecule has 0 spiro atoms. The van der Waals surface area contributed by atoms with Crippen molar-refractivity contribution in [3.63, 3.8) is 0 Å². The van der Waals surface area contributed by atoms with E-state index < -0.39 is 0 Å². The van der Waals surface area contributed by atoms with Crippen LogP contribution in [0.5, 0.6) is 0 Å². The van der Waals surface area contributed by atoms with Crippen molar-refractivity contribution in [2.75, 3.05) is 13.1 Å². The Morgan fingerprint density at radius 3 is 2.96 bits per heavy atom. The van der Waals surface area contributed by atoms with E-state index in [0.29, 0.717) is 30.1 Å². The van der Waals surface area contributed by atoms with Crippen LogP contribution in [0.25, 0.3) is 0 Å². The summed E-state index contributed by atoms with van der Waals surface area (Å²) in [6.07, 6.45) is 8.20. The van der Waals surface area contributed by atoms with Crippen LogP contribution in [0.3, 0.4) is 0 Å². The third-order valence-electron chi connectivity index (χ3n) is 7.54. The molecule has 0 aromatic heterocycles. The lowest BCUT2D eigenvalue weighted by Crippen LogP contribution is -2.60. The quantitative estimate of drug-likeness (QED) is 0.879. The molecule has 2 saturated carbocycles. The van der Waals surface area contributed by atoms with Gasteiger partial charge in [0.05, 0.1) is 0 Å². The Bertz CT molecular complexity index is 755. The summed E-state index contributed by atoms with van der Waals surface area (Å²) < 4.78 is 0. The highest BCUT2D eigenvalue weighted by Gasteiger charge is 2.53. The molecule has 1 amide bonds. The molecule has 1 heterocycles. The normalized spacial score (nSPS) is 33.0. The molecule has 26 heavy (non-hydrogen) atoms. The van der Waals surface area contributed by atoms with Crippen LogP contribution in [0.1, 0.15) is 66.4 Å². The smallest absolute Gasteiger partial charge is 0.251 e. The molecule has 3 fully saturated rings. The molecule has 1 saturated heterocycles. The molecule has 3 atom stereocenters. The number of nitrogens with one attached hydrogen (secondary N) is 2. The number of fused-ring (bicyclic) bond motifs is 1. The maximum atomic E-state index is 12.7. The van der Waals surface area contributed by atoms with Crippen LogP contribution >= 0.6 is 0 Å². The Hall–Kier alpha value is -1.68. The van der Waals surface area contributed by atoms with Gasteiger partial charge in [0.2, 0.25) is 0 Å². The van der Waals surface area contributed by atoms with E-state index in [9.17, 15) is 9.59 Å². The van der Waals surface area contributed by atoms with Gasteiger partial charge in [-0.1, -0.05) is 12.5 Å². The SMILES string of the molecule is O=C1CCC2C3Cc4ccc(C(=O)NCC5CCC5)cc4C2(CCN3)C1. The van der Waals surface area contributed by atoms with Gasteiger partial charge in [-0.25, -0.2) is 0 Å². The molecule has 2 N–H and O–H groups in total. The summed E-state index contributed by atoms with van der Waals surface area (Å²) in [6.45, 7) is 1.78. The number of hydrogen-bond acceptors (Lipinski definition) is 3. The topological polar surface area (TPSA) is 58.2 Å². The molecule has 0 radical (unpaired) electrons. The third-order valence-corrected chi connectivity index (χ3v) is 7.54. The first-order valence-corrected chi connectivity index (χ1v) is 10.3. The van der Waals surface area contributed by atoms with E-state index in [1.54, 1.807) is 0 Å². The Morgan fingerprint density at radius 1 is 1.27 bits per heavy atom. The van der Waals surface area contributed by atoms with Crippen molar-refractivity contribution in [2.24, 2.45) is 11.8 Å². The summed E-state index contributed by atoms with van der Waals surface area (Å²) in [5.74, 6) is 1.65. The van der Waals surface area contributed by atoms with E-state index in [-0.39, 0.29) is 11.3 Å². The highest BCUT2D eigenvalue weighted by molar-refractivity contribution is 5.94. The van der Waals surface area contributed by atoms with Crippen LogP contribution in [0.4, 0.5) is 0 Å². The van der Waals surface area contributed by atoms with E-state index in [0.717, 1.165) is 44.3 Å². The van der Waals surface area contributed by atoms with Crippen LogP contribution in [0, 0.1) is 11.8 Å². The number of amides is 1. The maximum Gasteiger partial charge on any atom is 0.251 e. The van der Waals surface area contributed by atoms with E-state index in [1.807, 2.05) is 6.07 Å². The fraction of sp³-hybridized carbons (Fsp3) is 0.636. The van der Waals surface area contributed by atoms with E-state index in [2.05, 4.69) is 22.8 Å². The molecule has 4 aliphatic rings. The summed E-state index contributed by atoms with van der Waals surface area (Å²) in [6, 6.07) is 6.73. The molecule has 2 bridgehead atoms. The summed E-state index contributed by atoms with van der Waals surface area (Å²) in [4.78, 5) is 25.0. The number of Topliss-reactive ketones (excluding diaryl/α,β-unsaturated/α-hetero) is 1. The van der Waals surface area contributed by atoms with Crippen molar-refractivity contribution >= 4 is 11.7 Å². The first kappa shape index (κ1) is 16.5. The van der Waals surface area contributed by atoms with Crippen LogP contribution in [0.15, 0.2) is 18.2 Å². The Kier molecular flexibility index (Phi) is 3.93. The van der Waals surface area contributed by atoms with Crippen molar-refractivity contribution in [3.8, 4) is 0 Å². The molecular formula is C22H28N2O2. The van der Waals surface area contributed by atoms with E-state index >= 15 is 0 Å². The van der Waals surface area contributed by atoms with Gasteiger partial charge in [-0.15, -0.1) is 0 Å². The summed E-state index contributed by atoms with van der Waals surface area (Å²) >= 11 is 0. The minimum Gasteiger partial charge on any atom is -0.352 e. The Morgan fingerprint density at radius 2 is 2.15 bits per heavy atom. The van der Waals surface area contributed by atoms with Crippen molar-refractivity contribution < 1.29 is 9.59 Å². The summed E-state index contributed by atoms with van der Waals surface area (Å²) in [5.41, 5.74) is 3.36. The third kappa shape index (κ3) is 2.53. The number of benzene rings is 1. The van der Waals surface area contributed by atoms with Crippen LogP contribution < -0.4 is 10.6 Å². The minimum atomic E-state index is -0.0386. The fourth-order valence-corrected chi connectivity index (χ4v) is 5.92. The maximum absolute atomic E-state index is 12.7. The van der Waals surface area contributed by atoms with Gasteiger partial charge in [0.25, 0.3) is 5.91 Å². The highest BCUT2D eigenvalue weighted by atomic mass is 16.1. The zero-order chi connectivity index (χ0) is 17.7. The molecule has 3 unspecified atom stereocenters. The van der Waals surface area contributed by atoms with Crippen LogP contribution in [-0.4, -0.2) is 30.8 Å². The second kappa shape index (κ2) is 6.19. The van der Waals surface area contributed by atoms with Gasteiger partial charge in [0.1, 0.15) is 5.78 Å². The molecule has 1 aromatic rings. The van der Waals surface area contributed by atoms with Gasteiger partial charge in [-0.2, -0.15) is 0 Å². The van der Waals surface area contributed by atoms with Gasteiger partial charge < -0.3 is 10.6 Å². The number of rotatable bonds is 3. The van der Waals surface area contributed by atoms with Crippen molar-refractivity contribution in [1.29, 1.82) is 0 Å². The van der Waals surface area contributed by atoms with Crippen LogP contribution in [-0.2, 0) is 16.6 Å². The molecule has 138 valence electrons. The molecule has 1 aromatic carbocycles. The highest BCUT2D eigenvalue weighted by Crippen LogP contribution is 2.53. The largest absolute Gasteiger partial charge is 0.352 e. The average Bonchev–Trinajstić information content (AvgIpc) is 2.59. The second-order valence-electron chi connectivity index (χ2n) is 8.91. The number of carbonyl (C=O) groups is 2. The monoisotopic (exact) mass is 352 g/mol. The van der Waals surface area contributed by atoms with Crippen LogP contribution in [0.2, 0.25) is 0 Å². The molecule has 4 nitrogen and oxygen atoms in total. The first-order valence-electron chi connectivity index (χ1n) is 10.3. The van der Waals surface area contributed by atoms with E-state index in [1.165, 1.54) is 30.4 Å². The predicted molar refractivity (Wildman–Crippen MR) is 100 cm³/mol. The fourth-order valence-electron chi connectivity index (χ4n) is 5.92. The van der Waals surface area contributed by atoms with E-state index in [4.69, 9.17) is 0 Å². The molecule has 4 heteroatoms. The van der Waals surface area contributed by atoms with Crippen molar-refractivity contribution in [1.82, 2.24) is 10.6 Å². The number of hydrogen-bond donors (Lipinski definition) is 2. The van der Waals surface area contributed by atoms with Gasteiger partial charge in [-0.3, -0.25) is 9.59 Å². The molecule has 1 aliphatic heterocycles. The zero-order valence-electron chi connectivity index (χ0n) is 15.4. The number of ketones is 1. The van der Waals surface area contributed by atoms with Gasteiger partial charge in [0.15, 0.2) is 0 Å². The van der Waals surface area contributed by atoms with Crippen molar-refractivity contribution in [2.45, 2.75) is 62.8 Å². The lowest BCUT2D eigenvalue weighted by molar-refractivity contribution is -0.125. The minimum absolute atomic E-state index is 0.0386. The predicted octanol–water partition coefficient (Wildman–Crippen LogP) is 2.74. The molecule has 5 rings (SSSR count). The van der Waals surface area contributed by atoms with Crippen molar-refractivity contribution in [3.05, 3.63) is 34.9 Å². The molecule has 3 aliphatic carbocycles. The Balaban J connectivity index is 1.47. The summed E-state index contributed by atoms with van der Waals surface area (Å²) in [7, 11) is 0. The lowest BCUT2D eigenvalue weighted by atomic mass is 9.52. The Labute approximate surface area is 155 Å². The first-order chi connectivity index (χ1) is 12.7. The van der Waals surface area contributed by atoms with Gasteiger partial charge in [-0.05, 0) is 73.7 Å². The van der Waals surface area contributed by atoms with Gasteiger partial charge in [0, 0.05) is 36.4 Å². The van der Waals surface area contributed by atoms with Gasteiger partial charge >= 0.3 is 0 Å². The molecular weight excluding hydrogens is 324 g/mol. The standard InChI is InChI=1S/C22H28N2O2/c25-17-6-7-18-20-11-15-4-5-16(21(26)24-13-14-2-1-3-14)10-19(15)22(18,12-17)8-9-23-20/h4-5,10,14,18,20,23H,1-3,6-9,11-13H2,(H,24,26). The second-order valence-corrected chi connectivity index (χ2v) is 8.91. The number of carbonyl (C=O) groups excluding carboxylic acids is 2.